The van der Waals surface area contributed by atoms with Crippen molar-refractivity contribution in [2.75, 3.05) is 10.8 Å². The second-order valence-electron chi connectivity index (χ2n) is 8.47. The normalized spacial score (nSPS) is 13.1. The van der Waals surface area contributed by atoms with Crippen molar-refractivity contribution < 1.29 is 26.4 Å². The van der Waals surface area contributed by atoms with Crippen LogP contribution in [0.15, 0.2) is 52.5 Å². The second kappa shape index (κ2) is 9.72. The minimum absolute atomic E-state index is 0.182. The van der Waals surface area contributed by atoms with E-state index in [9.17, 15) is 26.4 Å². The lowest BCUT2D eigenvalue weighted by atomic mass is 9.91. The number of hydrazone groups is 1. The Morgan fingerprint density at radius 2 is 1.67 bits per heavy atom. The van der Waals surface area contributed by atoms with Gasteiger partial charge in [-0.3, -0.25) is 9.10 Å². The second-order valence-corrected chi connectivity index (χ2v) is 10.7. The van der Waals surface area contributed by atoms with Gasteiger partial charge in [-0.05, 0) is 44.2 Å². The highest BCUT2D eigenvalue weighted by Gasteiger charge is 2.35. The first-order chi connectivity index (χ1) is 15.0. The first-order valence-electron chi connectivity index (χ1n) is 9.83. The van der Waals surface area contributed by atoms with Gasteiger partial charge in [0.1, 0.15) is 6.54 Å². The lowest BCUT2D eigenvalue weighted by Crippen LogP contribution is -2.40. The van der Waals surface area contributed by atoms with E-state index in [0.29, 0.717) is 16.1 Å². The molecule has 0 atom stereocenters. The number of hydrogen-bond donors (Lipinski definition) is 1. The predicted octanol–water partition coefficient (Wildman–Crippen LogP) is 5.40. The van der Waals surface area contributed by atoms with Crippen LogP contribution < -0.4 is 9.73 Å². The molecular formula is C22H25ClF3N3O3S. The molecule has 0 heterocycles. The van der Waals surface area contributed by atoms with E-state index in [1.807, 2.05) is 20.8 Å². The number of sulfonamides is 1. The van der Waals surface area contributed by atoms with Gasteiger partial charge in [0.2, 0.25) is 0 Å². The van der Waals surface area contributed by atoms with Gasteiger partial charge in [-0.2, -0.15) is 18.3 Å². The standard InChI is InChI=1S/C22H25ClF3N3O3S/c1-14-6-9-17(10-7-14)33(31,32)29(13-20(30)28-27-15(2)21(3,4)5)16-8-11-19(23)18(12-16)22(24,25)26/h6-12H,13H2,1-5H3,(H,28,30)/b27-15-. The lowest BCUT2D eigenvalue weighted by Gasteiger charge is -2.25. The fraction of sp³-hybridized carbons (Fsp3) is 0.364. The zero-order valence-electron chi connectivity index (χ0n) is 18.8. The number of alkyl halides is 3. The minimum atomic E-state index is -4.82. The SMILES string of the molecule is C/C(=N/NC(=O)CN(c1ccc(Cl)c(C(F)(F)F)c1)S(=O)(=O)c1ccc(C)cc1)C(C)(C)C. The molecule has 0 unspecified atom stereocenters. The molecule has 0 radical (unpaired) electrons. The molecule has 0 aliphatic heterocycles. The Labute approximate surface area is 196 Å². The average Bonchev–Trinajstić information content (AvgIpc) is 2.69. The third-order valence-corrected chi connectivity index (χ3v) is 6.99. The molecule has 180 valence electrons. The first-order valence-corrected chi connectivity index (χ1v) is 11.6. The quantitative estimate of drug-likeness (QED) is 0.423. The van der Waals surface area contributed by atoms with Crippen molar-refractivity contribution in [1.29, 1.82) is 0 Å². The first kappa shape index (κ1) is 26.7. The van der Waals surface area contributed by atoms with Crippen LogP contribution in [-0.2, 0) is 21.0 Å². The number of benzene rings is 2. The van der Waals surface area contributed by atoms with Gasteiger partial charge in [0.25, 0.3) is 15.9 Å². The molecule has 0 fully saturated rings. The van der Waals surface area contributed by atoms with Crippen molar-refractivity contribution in [3.8, 4) is 0 Å². The van der Waals surface area contributed by atoms with Gasteiger partial charge in [-0.15, -0.1) is 0 Å². The maximum atomic E-state index is 13.4. The van der Waals surface area contributed by atoms with E-state index >= 15 is 0 Å². The summed E-state index contributed by atoms with van der Waals surface area (Å²) >= 11 is 5.68. The van der Waals surface area contributed by atoms with Crippen molar-refractivity contribution in [2.45, 2.75) is 45.7 Å². The minimum Gasteiger partial charge on any atom is -0.271 e. The molecule has 2 aromatic carbocycles. The Bertz CT molecular complexity index is 1160. The average molecular weight is 504 g/mol. The number of carbonyl (C=O) groups excluding carboxylic acids is 1. The maximum absolute atomic E-state index is 13.4. The molecular weight excluding hydrogens is 479 g/mol. The fourth-order valence-corrected chi connectivity index (χ4v) is 4.16. The highest BCUT2D eigenvalue weighted by atomic mass is 35.5. The van der Waals surface area contributed by atoms with Gasteiger partial charge >= 0.3 is 6.18 Å². The summed E-state index contributed by atoms with van der Waals surface area (Å²) in [4.78, 5) is 12.4. The molecule has 0 spiro atoms. The van der Waals surface area contributed by atoms with Gasteiger partial charge in [-0.25, -0.2) is 13.8 Å². The highest BCUT2D eigenvalue weighted by Crippen LogP contribution is 2.38. The number of anilines is 1. The van der Waals surface area contributed by atoms with Crippen LogP contribution in [0.4, 0.5) is 18.9 Å². The molecule has 0 saturated heterocycles. The summed E-state index contributed by atoms with van der Waals surface area (Å²) in [7, 11) is -4.39. The Kier molecular flexibility index (Phi) is 7.86. The largest absolute Gasteiger partial charge is 0.417 e. The number of halogens is 4. The van der Waals surface area contributed by atoms with Gasteiger partial charge < -0.3 is 0 Å². The molecule has 2 rings (SSSR count). The zero-order chi connectivity index (χ0) is 25.2. The fourth-order valence-electron chi connectivity index (χ4n) is 2.52. The van der Waals surface area contributed by atoms with Crippen LogP contribution in [0.1, 0.15) is 38.8 Å². The van der Waals surface area contributed by atoms with Gasteiger partial charge in [-0.1, -0.05) is 50.1 Å². The number of carbonyl (C=O) groups is 1. The summed E-state index contributed by atoms with van der Waals surface area (Å²) in [5, 5.41) is 3.38. The van der Waals surface area contributed by atoms with Crippen LogP contribution in [0.25, 0.3) is 0 Å². The van der Waals surface area contributed by atoms with Crippen molar-refractivity contribution >= 4 is 38.9 Å². The van der Waals surface area contributed by atoms with E-state index < -0.39 is 39.2 Å². The number of nitrogens with one attached hydrogen (secondary N) is 1. The monoisotopic (exact) mass is 503 g/mol. The van der Waals surface area contributed by atoms with Crippen LogP contribution in [0, 0.1) is 12.3 Å². The van der Waals surface area contributed by atoms with E-state index in [-0.39, 0.29) is 16.0 Å². The van der Waals surface area contributed by atoms with Crippen LogP contribution in [0.3, 0.4) is 0 Å². The maximum Gasteiger partial charge on any atom is 0.417 e. The summed E-state index contributed by atoms with van der Waals surface area (Å²) in [6.45, 7) is 8.27. The Hall–Kier alpha value is -2.59. The summed E-state index contributed by atoms with van der Waals surface area (Å²) in [5.74, 6) is -0.821. The number of nitrogens with zero attached hydrogens (tertiary/aromatic N) is 2. The van der Waals surface area contributed by atoms with Crippen molar-refractivity contribution in [3.63, 3.8) is 0 Å². The molecule has 2 aromatic rings. The number of rotatable bonds is 6. The van der Waals surface area contributed by atoms with Crippen LogP contribution in [0.5, 0.6) is 0 Å². The smallest absolute Gasteiger partial charge is 0.271 e. The predicted molar refractivity (Wildman–Crippen MR) is 123 cm³/mol. The molecule has 33 heavy (non-hydrogen) atoms. The molecule has 0 aromatic heterocycles. The number of aryl methyl sites for hydroxylation is 1. The van der Waals surface area contributed by atoms with E-state index in [2.05, 4.69) is 10.5 Å². The topological polar surface area (TPSA) is 78.8 Å². The van der Waals surface area contributed by atoms with E-state index in [0.717, 1.165) is 17.7 Å². The van der Waals surface area contributed by atoms with Crippen molar-refractivity contribution in [2.24, 2.45) is 10.5 Å². The molecule has 0 aliphatic rings. The number of amides is 1. The van der Waals surface area contributed by atoms with Crippen LogP contribution >= 0.6 is 11.6 Å². The van der Waals surface area contributed by atoms with Crippen LogP contribution in [-0.4, -0.2) is 26.6 Å². The van der Waals surface area contributed by atoms with E-state index in [4.69, 9.17) is 11.6 Å². The zero-order valence-corrected chi connectivity index (χ0v) is 20.4. The Morgan fingerprint density at radius 1 is 1.09 bits per heavy atom. The molecule has 0 aliphatic carbocycles. The number of hydrogen-bond acceptors (Lipinski definition) is 4. The lowest BCUT2D eigenvalue weighted by molar-refractivity contribution is -0.137. The molecule has 0 bridgehead atoms. The van der Waals surface area contributed by atoms with Crippen LogP contribution in [0.2, 0.25) is 5.02 Å². The summed E-state index contributed by atoms with van der Waals surface area (Å²) in [6, 6.07) is 8.38. The summed E-state index contributed by atoms with van der Waals surface area (Å²) in [5.41, 5.74) is 1.71. The molecule has 6 nitrogen and oxygen atoms in total. The Morgan fingerprint density at radius 3 is 2.18 bits per heavy atom. The molecule has 1 amide bonds. The highest BCUT2D eigenvalue weighted by molar-refractivity contribution is 7.92. The van der Waals surface area contributed by atoms with Gasteiger partial charge in [0.15, 0.2) is 0 Å². The summed E-state index contributed by atoms with van der Waals surface area (Å²) < 4.78 is 67.4. The summed E-state index contributed by atoms with van der Waals surface area (Å²) in [6.07, 6.45) is -4.82. The Balaban J connectivity index is 2.54. The molecule has 1 N–H and O–H groups in total. The van der Waals surface area contributed by atoms with E-state index in [1.165, 1.54) is 12.1 Å². The third kappa shape index (κ3) is 6.70. The van der Waals surface area contributed by atoms with E-state index in [1.54, 1.807) is 26.0 Å². The van der Waals surface area contributed by atoms with Crippen molar-refractivity contribution in [3.05, 3.63) is 58.6 Å². The molecule has 0 saturated carbocycles. The molecule has 11 heteroatoms. The van der Waals surface area contributed by atoms with Gasteiger partial charge in [0, 0.05) is 11.1 Å². The van der Waals surface area contributed by atoms with Crippen molar-refractivity contribution in [1.82, 2.24) is 5.43 Å². The van der Waals surface area contributed by atoms with Gasteiger partial charge in [0.05, 0.1) is 21.2 Å². The third-order valence-electron chi connectivity index (χ3n) is 4.87.